The van der Waals surface area contributed by atoms with E-state index in [0.29, 0.717) is 27.4 Å². The summed E-state index contributed by atoms with van der Waals surface area (Å²) in [5.41, 5.74) is -0.989. The topological polar surface area (TPSA) is 69.9 Å². The van der Waals surface area contributed by atoms with Gasteiger partial charge in [0.25, 0.3) is 5.56 Å². The molecule has 1 aliphatic heterocycles. The van der Waals surface area contributed by atoms with Gasteiger partial charge in [-0.2, -0.15) is 13.2 Å². The molecule has 1 aromatic heterocycles. The maximum absolute atomic E-state index is 14.3. The summed E-state index contributed by atoms with van der Waals surface area (Å²) in [4.78, 5) is 30.3. The Labute approximate surface area is 269 Å². The van der Waals surface area contributed by atoms with Crippen molar-refractivity contribution in [3.8, 4) is 5.75 Å². The molecule has 0 aliphatic carbocycles. The molecule has 0 saturated carbocycles. The normalized spacial score (nSPS) is 15.2. The first kappa shape index (κ1) is 31.2. The highest BCUT2D eigenvalue weighted by molar-refractivity contribution is 9.10. The quantitative estimate of drug-likeness (QED) is 0.189. The van der Waals surface area contributed by atoms with Crippen LogP contribution in [0.3, 0.4) is 0 Å². The van der Waals surface area contributed by atoms with Crippen molar-refractivity contribution in [1.29, 1.82) is 0 Å². The van der Waals surface area contributed by atoms with Crippen molar-refractivity contribution in [3.05, 3.63) is 128 Å². The number of esters is 1. The summed E-state index contributed by atoms with van der Waals surface area (Å²) in [6.07, 6.45) is -3.44. The van der Waals surface area contributed by atoms with Gasteiger partial charge in [-0.15, -0.1) is 0 Å². The van der Waals surface area contributed by atoms with Crippen molar-refractivity contribution in [2.24, 2.45) is 4.99 Å². The van der Waals surface area contributed by atoms with Gasteiger partial charge >= 0.3 is 12.1 Å². The third kappa shape index (κ3) is 6.82. The van der Waals surface area contributed by atoms with Gasteiger partial charge in [-0.3, -0.25) is 9.36 Å². The van der Waals surface area contributed by atoms with Crippen molar-refractivity contribution in [3.63, 3.8) is 0 Å². The molecule has 13 heteroatoms. The number of ether oxygens (including phenoxy) is 2. The molecule has 1 aliphatic rings. The van der Waals surface area contributed by atoms with Crippen LogP contribution >= 0.6 is 54.8 Å². The molecule has 2 heterocycles. The predicted molar refractivity (Wildman–Crippen MR) is 165 cm³/mol. The van der Waals surface area contributed by atoms with Crippen LogP contribution in [0.25, 0.3) is 6.08 Å². The van der Waals surface area contributed by atoms with Crippen LogP contribution in [0.4, 0.5) is 13.2 Å². The number of nitrogens with zero attached hydrogens (tertiary/aromatic N) is 2. The van der Waals surface area contributed by atoms with E-state index in [4.69, 9.17) is 21.1 Å². The van der Waals surface area contributed by atoms with Gasteiger partial charge in [0.1, 0.15) is 12.4 Å². The summed E-state index contributed by atoms with van der Waals surface area (Å²) < 4.78 is 56.5. The number of halogens is 6. The monoisotopic (exact) mass is 754 g/mol. The molecule has 0 spiro atoms. The largest absolute Gasteiger partial charge is 0.488 e. The Kier molecular flexibility index (Phi) is 9.31. The average molecular weight is 757 g/mol. The molecular formula is C30H20Br2ClF3N2O4S. The fourth-order valence-corrected chi connectivity index (χ4v) is 6.32. The van der Waals surface area contributed by atoms with Crippen LogP contribution < -0.4 is 19.6 Å². The van der Waals surface area contributed by atoms with Gasteiger partial charge in [0.15, 0.2) is 10.5 Å². The summed E-state index contributed by atoms with van der Waals surface area (Å²) >= 11 is 13.7. The third-order valence-electron chi connectivity index (χ3n) is 6.34. The van der Waals surface area contributed by atoms with E-state index < -0.39 is 35.0 Å². The van der Waals surface area contributed by atoms with E-state index in [1.807, 2.05) is 24.3 Å². The number of carbonyl (C=O) groups excluding carboxylic acids is 1. The van der Waals surface area contributed by atoms with Crippen molar-refractivity contribution >= 4 is 66.8 Å². The number of benzene rings is 3. The first-order valence-electron chi connectivity index (χ1n) is 12.7. The number of rotatable bonds is 7. The number of hydrogen-bond donors (Lipinski definition) is 0. The molecule has 4 aromatic rings. The highest BCUT2D eigenvalue weighted by Crippen LogP contribution is 2.38. The third-order valence-corrected chi connectivity index (χ3v) is 8.73. The zero-order chi connectivity index (χ0) is 30.9. The van der Waals surface area contributed by atoms with Gasteiger partial charge in [-0.05, 0) is 82.0 Å². The fraction of sp³-hybridized carbons (Fsp3) is 0.167. The maximum atomic E-state index is 14.3. The highest BCUT2D eigenvalue weighted by Gasteiger charge is 2.45. The Balaban J connectivity index is 1.59. The zero-order valence-electron chi connectivity index (χ0n) is 22.1. The molecule has 43 heavy (non-hydrogen) atoms. The first-order chi connectivity index (χ1) is 20.5. The van der Waals surface area contributed by atoms with Gasteiger partial charge in [0, 0.05) is 9.50 Å². The van der Waals surface area contributed by atoms with E-state index in [9.17, 15) is 22.8 Å². The molecule has 222 valence electrons. The van der Waals surface area contributed by atoms with Crippen molar-refractivity contribution in [2.45, 2.75) is 25.7 Å². The average Bonchev–Trinajstić information content (AvgIpc) is 3.27. The second-order valence-electron chi connectivity index (χ2n) is 9.22. The van der Waals surface area contributed by atoms with Crippen LogP contribution in [0.5, 0.6) is 5.75 Å². The molecule has 1 atom stereocenters. The van der Waals surface area contributed by atoms with E-state index in [-0.39, 0.29) is 21.5 Å². The number of fused-ring (bicyclic) bond motifs is 1. The minimum Gasteiger partial charge on any atom is -0.488 e. The standard InChI is InChI=1S/C30H20Br2ClF3N2O4S/c1-2-41-28(40)24-25(18-6-10-20(33)11-7-18)38-27(39)23(43-29(38)37-26(24)30(34,35)36)14-17-5-12-22(21(32)13-17)42-15-16-3-8-19(31)9-4-16/h3-14,25H,2,15H2,1H3/b23-14-/t25-/m0/s1. The van der Waals surface area contributed by atoms with E-state index in [2.05, 4.69) is 36.9 Å². The minimum atomic E-state index is -4.99. The highest BCUT2D eigenvalue weighted by atomic mass is 79.9. The molecule has 6 nitrogen and oxygen atoms in total. The summed E-state index contributed by atoms with van der Waals surface area (Å²) in [5, 5.41) is 0.337. The Hall–Kier alpha value is -3.19. The summed E-state index contributed by atoms with van der Waals surface area (Å²) in [7, 11) is 0. The molecule has 0 radical (unpaired) electrons. The number of aromatic nitrogens is 1. The van der Waals surface area contributed by atoms with Crippen molar-refractivity contribution in [1.82, 2.24) is 4.57 Å². The van der Waals surface area contributed by atoms with E-state index in [1.54, 1.807) is 24.3 Å². The molecule has 5 rings (SSSR count). The smallest absolute Gasteiger partial charge is 0.434 e. The number of alkyl halides is 3. The van der Waals surface area contributed by atoms with E-state index >= 15 is 0 Å². The maximum Gasteiger partial charge on any atom is 0.434 e. The van der Waals surface area contributed by atoms with Crippen LogP contribution in [-0.2, 0) is 16.1 Å². The molecule has 0 saturated heterocycles. The lowest BCUT2D eigenvalue weighted by molar-refractivity contribution is -0.140. The van der Waals surface area contributed by atoms with Gasteiger partial charge in [0.2, 0.25) is 0 Å². The number of thiazole rings is 1. The second kappa shape index (κ2) is 12.8. The molecule has 3 aromatic carbocycles. The lowest BCUT2D eigenvalue weighted by Crippen LogP contribution is -2.41. The Morgan fingerprint density at radius 3 is 2.42 bits per heavy atom. The molecule has 0 amide bonds. The summed E-state index contributed by atoms with van der Waals surface area (Å²) in [6, 6.07) is 17.3. The van der Waals surface area contributed by atoms with Gasteiger partial charge < -0.3 is 9.47 Å². The Morgan fingerprint density at radius 1 is 1.09 bits per heavy atom. The fourth-order valence-electron chi connectivity index (χ4n) is 4.42. The van der Waals surface area contributed by atoms with Crippen LogP contribution in [0, 0.1) is 0 Å². The van der Waals surface area contributed by atoms with Crippen LogP contribution in [-0.4, -0.2) is 23.3 Å². The number of hydrogen-bond acceptors (Lipinski definition) is 6. The van der Waals surface area contributed by atoms with Crippen molar-refractivity contribution < 1.29 is 27.4 Å². The Bertz CT molecular complexity index is 1900. The predicted octanol–water partition coefficient (Wildman–Crippen LogP) is 7.10. The summed E-state index contributed by atoms with van der Waals surface area (Å²) in [5.74, 6) is -0.645. The van der Waals surface area contributed by atoms with Crippen LogP contribution in [0.2, 0.25) is 5.02 Å². The molecule has 0 unspecified atom stereocenters. The lowest BCUT2D eigenvalue weighted by Gasteiger charge is -2.26. The molecular weight excluding hydrogens is 737 g/mol. The summed E-state index contributed by atoms with van der Waals surface area (Å²) in [6.45, 7) is 1.65. The zero-order valence-corrected chi connectivity index (χ0v) is 26.9. The van der Waals surface area contributed by atoms with Crippen LogP contribution in [0.1, 0.15) is 29.7 Å². The van der Waals surface area contributed by atoms with Crippen molar-refractivity contribution in [2.75, 3.05) is 6.61 Å². The number of allylic oxidation sites excluding steroid dienone is 1. The van der Waals surface area contributed by atoms with Gasteiger partial charge in [-0.25, -0.2) is 9.79 Å². The molecule has 0 fully saturated rings. The van der Waals surface area contributed by atoms with Crippen LogP contribution in [0.15, 0.2) is 96.7 Å². The molecule has 0 bridgehead atoms. The minimum absolute atomic E-state index is 0.125. The van der Waals surface area contributed by atoms with E-state index in [1.165, 1.54) is 31.2 Å². The van der Waals surface area contributed by atoms with Gasteiger partial charge in [0.05, 0.1) is 27.2 Å². The molecule has 0 N–H and O–H groups in total. The lowest BCUT2D eigenvalue weighted by atomic mass is 9.95. The number of carbonyl (C=O) groups is 1. The second-order valence-corrected chi connectivity index (χ2v) is 12.4. The van der Waals surface area contributed by atoms with Gasteiger partial charge in [-0.1, -0.05) is 69.2 Å². The van der Waals surface area contributed by atoms with E-state index in [0.717, 1.165) is 25.9 Å². The Morgan fingerprint density at radius 2 is 1.79 bits per heavy atom. The first-order valence-corrected chi connectivity index (χ1v) is 15.5. The SMILES string of the molecule is CCOC(=O)C1=C(C(F)(F)F)N=c2s/c(=C\c3ccc(OCc4ccc(Br)cc4)c(Br)c3)c(=O)n2[C@H]1c1ccc(Cl)cc1.